The highest BCUT2D eigenvalue weighted by molar-refractivity contribution is 9.10. The van der Waals surface area contributed by atoms with Crippen molar-refractivity contribution in [3.8, 4) is 0 Å². The molecule has 15 heavy (non-hydrogen) atoms. The zero-order valence-corrected chi connectivity index (χ0v) is 10.6. The van der Waals surface area contributed by atoms with E-state index in [0.29, 0.717) is 0 Å². The Labute approximate surface area is 100 Å². The lowest BCUT2D eigenvalue weighted by Gasteiger charge is -2.23. The third kappa shape index (κ3) is 3.62. The molecule has 1 atom stereocenters. The van der Waals surface area contributed by atoms with Crippen LogP contribution in [0.25, 0.3) is 0 Å². The predicted molar refractivity (Wildman–Crippen MR) is 68.1 cm³/mol. The molecule has 1 fully saturated rings. The minimum atomic E-state index is 0.752. The van der Waals surface area contributed by atoms with Gasteiger partial charge in [-0.05, 0) is 49.9 Å². The van der Waals surface area contributed by atoms with Crippen molar-refractivity contribution in [3.05, 3.63) is 34.3 Å². The molecular weight excluding hydrogens is 250 g/mol. The van der Waals surface area contributed by atoms with Crippen molar-refractivity contribution >= 4 is 15.9 Å². The topological polar surface area (TPSA) is 12.0 Å². The number of halogens is 1. The number of hydrogen-bond donors (Lipinski definition) is 1. The molecule has 1 aromatic rings. The van der Waals surface area contributed by atoms with Gasteiger partial charge in [-0.25, -0.2) is 0 Å². The summed E-state index contributed by atoms with van der Waals surface area (Å²) in [5.41, 5.74) is 1.45. The summed E-state index contributed by atoms with van der Waals surface area (Å²) >= 11 is 3.46. The first-order valence-corrected chi connectivity index (χ1v) is 6.62. The van der Waals surface area contributed by atoms with Crippen molar-refractivity contribution in [2.75, 3.05) is 6.54 Å². The molecule has 0 amide bonds. The molecular formula is C13H18BrN. The lowest BCUT2D eigenvalue weighted by Crippen LogP contribution is -2.34. The van der Waals surface area contributed by atoms with Crippen molar-refractivity contribution in [1.29, 1.82) is 0 Å². The second-order valence-corrected chi connectivity index (χ2v) is 5.23. The Morgan fingerprint density at radius 3 is 2.67 bits per heavy atom. The van der Waals surface area contributed by atoms with Crippen LogP contribution in [0, 0.1) is 0 Å². The van der Waals surface area contributed by atoms with Crippen LogP contribution in [0.3, 0.4) is 0 Å². The van der Waals surface area contributed by atoms with Crippen LogP contribution in [0.15, 0.2) is 28.7 Å². The van der Waals surface area contributed by atoms with Gasteiger partial charge in [0.05, 0.1) is 0 Å². The van der Waals surface area contributed by atoms with E-state index in [0.717, 1.165) is 6.04 Å². The van der Waals surface area contributed by atoms with Crippen molar-refractivity contribution in [2.45, 2.75) is 38.1 Å². The Bertz CT molecular complexity index is 288. The summed E-state index contributed by atoms with van der Waals surface area (Å²) in [5.74, 6) is 0. The van der Waals surface area contributed by atoms with E-state index in [2.05, 4.69) is 45.5 Å². The van der Waals surface area contributed by atoms with Gasteiger partial charge in [0.1, 0.15) is 0 Å². The molecule has 1 aliphatic heterocycles. The number of nitrogens with one attached hydrogen (secondary N) is 1. The van der Waals surface area contributed by atoms with Crippen LogP contribution in [0.2, 0.25) is 0 Å². The van der Waals surface area contributed by atoms with E-state index in [1.165, 1.54) is 48.7 Å². The van der Waals surface area contributed by atoms with Crippen LogP contribution in [0.1, 0.15) is 31.2 Å². The molecule has 2 heteroatoms. The minimum absolute atomic E-state index is 0.752. The van der Waals surface area contributed by atoms with Gasteiger partial charge in [0.25, 0.3) is 0 Å². The number of aryl methyl sites for hydroxylation is 1. The van der Waals surface area contributed by atoms with E-state index in [4.69, 9.17) is 0 Å². The van der Waals surface area contributed by atoms with Gasteiger partial charge in [-0.3, -0.25) is 0 Å². The van der Waals surface area contributed by atoms with Crippen LogP contribution >= 0.6 is 15.9 Å². The summed E-state index contributed by atoms with van der Waals surface area (Å²) < 4.78 is 1.17. The van der Waals surface area contributed by atoms with E-state index >= 15 is 0 Å². The van der Waals surface area contributed by atoms with Gasteiger partial charge >= 0.3 is 0 Å². The largest absolute Gasteiger partial charge is 0.314 e. The molecule has 1 heterocycles. The zero-order chi connectivity index (χ0) is 10.5. The van der Waals surface area contributed by atoms with Gasteiger partial charge < -0.3 is 5.32 Å². The van der Waals surface area contributed by atoms with E-state index in [-0.39, 0.29) is 0 Å². The Hall–Kier alpha value is -0.340. The fourth-order valence-electron chi connectivity index (χ4n) is 2.16. The van der Waals surface area contributed by atoms with Gasteiger partial charge in [0.2, 0.25) is 0 Å². The quantitative estimate of drug-likeness (QED) is 0.884. The maximum Gasteiger partial charge on any atom is 0.0175 e. The molecule has 0 aromatic heterocycles. The first kappa shape index (κ1) is 11.2. The van der Waals surface area contributed by atoms with E-state index < -0.39 is 0 Å². The highest BCUT2D eigenvalue weighted by atomic mass is 79.9. The Morgan fingerprint density at radius 1 is 1.20 bits per heavy atom. The molecule has 1 nitrogen and oxygen atoms in total. The highest BCUT2D eigenvalue weighted by Gasteiger charge is 2.11. The fourth-order valence-corrected chi connectivity index (χ4v) is 2.43. The van der Waals surface area contributed by atoms with E-state index in [1.54, 1.807) is 0 Å². The zero-order valence-electron chi connectivity index (χ0n) is 9.01. The molecule has 82 valence electrons. The van der Waals surface area contributed by atoms with Crippen LogP contribution < -0.4 is 5.32 Å². The van der Waals surface area contributed by atoms with Crippen LogP contribution in [0.4, 0.5) is 0 Å². The molecule has 0 bridgehead atoms. The summed E-state index contributed by atoms with van der Waals surface area (Å²) in [5, 5.41) is 3.59. The third-order valence-corrected chi connectivity index (χ3v) is 3.64. The molecule has 0 aliphatic carbocycles. The Balaban J connectivity index is 1.79. The van der Waals surface area contributed by atoms with Gasteiger partial charge in [-0.15, -0.1) is 0 Å². The second kappa shape index (κ2) is 5.66. The molecule has 0 radical (unpaired) electrons. The third-order valence-electron chi connectivity index (χ3n) is 3.11. The van der Waals surface area contributed by atoms with E-state index in [9.17, 15) is 0 Å². The number of piperidine rings is 1. The fraction of sp³-hybridized carbons (Fsp3) is 0.538. The number of hydrogen-bond acceptors (Lipinski definition) is 1. The molecule has 1 unspecified atom stereocenters. The van der Waals surface area contributed by atoms with Crippen molar-refractivity contribution in [2.24, 2.45) is 0 Å². The summed E-state index contributed by atoms with van der Waals surface area (Å²) in [4.78, 5) is 0. The summed E-state index contributed by atoms with van der Waals surface area (Å²) in [6.45, 7) is 1.21. The lowest BCUT2D eigenvalue weighted by atomic mass is 9.98. The first-order chi connectivity index (χ1) is 7.34. The average Bonchev–Trinajstić information content (AvgIpc) is 2.30. The van der Waals surface area contributed by atoms with Crippen LogP contribution in [0.5, 0.6) is 0 Å². The van der Waals surface area contributed by atoms with Crippen LogP contribution in [-0.2, 0) is 6.42 Å². The minimum Gasteiger partial charge on any atom is -0.314 e. The summed E-state index contributed by atoms with van der Waals surface area (Å²) in [6, 6.07) is 9.44. The molecule has 0 saturated carbocycles. The standard InChI is InChI=1S/C13H18BrN/c14-12-7-4-11(5-8-12)6-9-13-3-1-2-10-15-13/h4-5,7-8,13,15H,1-3,6,9-10H2. The maximum absolute atomic E-state index is 3.59. The summed E-state index contributed by atoms with van der Waals surface area (Å²) in [6.07, 6.45) is 6.59. The SMILES string of the molecule is Brc1ccc(CCC2CCCCN2)cc1. The normalized spacial score (nSPS) is 21.5. The highest BCUT2D eigenvalue weighted by Crippen LogP contribution is 2.15. The van der Waals surface area contributed by atoms with Gasteiger partial charge in [-0.2, -0.15) is 0 Å². The summed E-state index contributed by atoms with van der Waals surface area (Å²) in [7, 11) is 0. The molecule has 0 spiro atoms. The van der Waals surface area contributed by atoms with Crippen molar-refractivity contribution in [1.82, 2.24) is 5.32 Å². The second-order valence-electron chi connectivity index (χ2n) is 4.31. The van der Waals surface area contributed by atoms with Crippen LogP contribution in [-0.4, -0.2) is 12.6 Å². The van der Waals surface area contributed by atoms with Gasteiger partial charge in [-0.1, -0.05) is 34.5 Å². The number of benzene rings is 1. The monoisotopic (exact) mass is 267 g/mol. The Morgan fingerprint density at radius 2 is 2.00 bits per heavy atom. The Kier molecular flexibility index (Phi) is 4.21. The maximum atomic E-state index is 3.59. The predicted octanol–water partition coefficient (Wildman–Crippen LogP) is 3.52. The van der Waals surface area contributed by atoms with Crippen molar-refractivity contribution in [3.63, 3.8) is 0 Å². The molecule has 1 saturated heterocycles. The first-order valence-electron chi connectivity index (χ1n) is 5.82. The van der Waals surface area contributed by atoms with Gasteiger partial charge in [0.15, 0.2) is 0 Å². The van der Waals surface area contributed by atoms with E-state index in [1.807, 2.05) is 0 Å². The number of rotatable bonds is 3. The molecule has 1 aromatic carbocycles. The molecule has 1 aliphatic rings. The lowest BCUT2D eigenvalue weighted by molar-refractivity contribution is 0.383. The average molecular weight is 268 g/mol. The smallest absolute Gasteiger partial charge is 0.0175 e. The van der Waals surface area contributed by atoms with Crippen molar-refractivity contribution < 1.29 is 0 Å². The van der Waals surface area contributed by atoms with Gasteiger partial charge in [0, 0.05) is 10.5 Å². The molecule has 2 rings (SSSR count). The molecule has 1 N–H and O–H groups in total.